The fraction of sp³-hybridized carbons (Fsp3) is 0.333. The van der Waals surface area contributed by atoms with Gasteiger partial charge in [-0.3, -0.25) is 9.59 Å². The molecule has 0 bridgehead atoms. The van der Waals surface area contributed by atoms with Crippen molar-refractivity contribution in [3.63, 3.8) is 0 Å². The summed E-state index contributed by atoms with van der Waals surface area (Å²) in [5.41, 5.74) is 5.05. The van der Waals surface area contributed by atoms with E-state index in [4.69, 9.17) is 0 Å². The third kappa shape index (κ3) is 3.24. The smallest absolute Gasteiger partial charge is 0.259 e. The maximum Gasteiger partial charge on any atom is 0.259 e. The minimum Gasteiger partial charge on any atom is -0.348 e. The highest BCUT2D eigenvalue weighted by molar-refractivity contribution is 5.99. The van der Waals surface area contributed by atoms with Crippen molar-refractivity contribution in [1.29, 1.82) is 0 Å². The molecule has 1 aliphatic rings. The normalized spacial score (nSPS) is 16.5. The van der Waals surface area contributed by atoms with Gasteiger partial charge in [0, 0.05) is 31.4 Å². The van der Waals surface area contributed by atoms with Crippen molar-refractivity contribution >= 4 is 17.5 Å². The van der Waals surface area contributed by atoms with E-state index in [0.717, 1.165) is 28.9 Å². The standard InChI is InChI=1S/C21H23N5O2/c1-13-10-14(2)26-20(23-13)18(11-22-26)21(28)25-9-8-16-6-4-5-7-17(16)19(12-25)24-15(3)27/h4-7,10-11,19H,8-9,12H2,1-3H3,(H,24,27). The van der Waals surface area contributed by atoms with E-state index in [1.54, 1.807) is 15.6 Å². The number of rotatable bonds is 2. The third-order valence-electron chi connectivity index (χ3n) is 5.16. The second-order valence-corrected chi connectivity index (χ2v) is 7.29. The quantitative estimate of drug-likeness (QED) is 0.743. The van der Waals surface area contributed by atoms with Crippen LogP contribution in [0.5, 0.6) is 0 Å². The average molecular weight is 377 g/mol. The number of amides is 2. The van der Waals surface area contributed by atoms with Crippen molar-refractivity contribution in [2.45, 2.75) is 33.2 Å². The average Bonchev–Trinajstić information content (AvgIpc) is 2.99. The Bertz CT molecular complexity index is 1070. The lowest BCUT2D eigenvalue weighted by Gasteiger charge is -2.25. The van der Waals surface area contributed by atoms with Gasteiger partial charge in [-0.25, -0.2) is 9.50 Å². The monoisotopic (exact) mass is 377 g/mol. The van der Waals surface area contributed by atoms with Crippen LogP contribution < -0.4 is 5.32 Å². The molecule has 0 radical (unpaired) electrons. The van der Waals surface area contributed by atoms with E-state index in [9.17, 15) is 9.59 Å². The van der Waals surface area contributed by atoms with Crippen LogP contribution in [0.15, 0.2) is 36.5 Å². The molecule has 1 aromatic carbocycles. The van der Waals surface area contributed by atoms with Crippen molar-refractivity contribution in [2.24, 2.45) is 0 Å². The summed E-state index contributed by atoms with van der Waals surface area (Å²) in [7, 11) is 0. The minimum absolute atomic E-state index is 0.113. The van der Waals surface area contributed by atoms with Crippen LogP contribution in [0.2, 0.25) is 0 Å². The van der Waals surface area contributed by atoms with Gasteiger partial charge in [-0.2, -0.15) is 5.10 Å². The largest absolute Gasteiger partial charge is 0.348 e. The first-order valence-electron chi connectivity index (χ1n) is 9.40. The Hall–Kier alpha value is -3.22. The van der Waals surface area contributed by atoms with Gasteiger partial charge in [0.1, 0.15) is 5.56 Å². The van der Waals surface area contributed by atoms with Crippen LogP contribution >= 0.6 is 0 Å². The van der Waals surface area contributed by atoms with Crippen molar-refractivity contribution in [3.05, 3.63) is 64.6 Å². The van der Waals surface area contributed by atoms with E-state index in [-0.39, 0.29) is 17.9 Å². The van der Waals surface area contributed by atoms with Crippen molar-refractivity contribution in [1.82, 2.24) is 24.8 Å². The van der Waals surface area contributed by atoms with Gasteiger partial charge in [0.05, 0.1) is 12.2 Å². The van der Waals surface area contributed by atoms with Crippen LogP contribution in [-0.2, 0) is 11.2 Å². The van der Waals surface area contributed by atoms with E-state index >= 15 is 0 Å². The summed E-state index contributed by atoms with van der Waals surface area (Å²) in [5.74, 6) is -0.228. The Kier molecular flexibility index (Phi) is 4.58. The van der Waals surface area contributed by atoms with Gasteiger partial charge in [-0.15, -0.1) is 0 Å². The van der Waals surface area contributed by atoms with Crippen molar-refractivity contribution in [3.8, 4) is 0 Å². The molecule has 0 saturated carbocycles. The lowest BCUT2D eigenvalue weighted by molar-refractivity contribution is -0.119. The SMILES string of the molecule is CC(=O)NC1CN(C(=O)c2cnn3c(C)cc(C)nc23)CCc2ccccc21. The Balaban J connectivity index is 1.70. The number of aryl methyl sites for hydroxylation is 2. The molecule has 7 heteroatoms. The van der Waals surface area contributed by atoms with Crippen molar-refractivity contribution < 1.29 is 9.59 Å². The molecule has 0 fully saturated rings. The molecule has 3 aromatic rings. The molecule has 0 aliphatic carbocycles. The topological polar surface area (TPSA) is 79.6 Å². The molecule has 1 aliphatic heterocycles. The van der Waals surface area contributed by atoms with Gasteiger partial charge in [0.15, 0.2) is 5.65 Å². The lowest BCUT2D eigenvalue weighted by atomic mass is 9.99. The van der Waals surface area contributed by atoms with Crippen LogP contribution in [0.3, 0.4) is 0 Å². The lowest BCUT2D eigenvalue weighted by Crippen LogP contribution is -2.39. The number of hydrogen-bond donors (Lipinski definition) is 1. The summed E-state index contributed by atoms with van der Waals surface area (Å²) < 4.78 is 1.69. The fourth-order valence-corrected chi connectivity index (χ4v) is 3.91. The van der Waals surface area contributed by atoms with Gasteiger partial charge < -0.3 is 10.2 Å². The zero-order chi connectivity index (χ0) is 19.8. The van der Waals surface area contributed by atoms with E-state index < -0.39 is 0 Å². The molecule has 0 saturated heterocycles. The molecular weight excluding hydrogens is 354 g/mol. The van der Waals surface area contributed by atoms with E-state index in [1.807, 2.05) is 38.1 Å². The van der Waals surface area contributed by atoms with Crippen LogP contribution in [0.4, 0.5) is 0 Å². The highest BCUT2D eigenvalue weighted by Crippen LogP contribution is 2.25. The van der Waals surface area contributed by atoms with Gasteiger partial charge in [-0.05, 0) is 37.5 Å². The number of nitrogens with one attached hydrogen (secondary N) is 1. The number of nitrogens with zero attached hydrogens (tertiary/aromatic N) is 4. The first-order valence-corrected chi connectivity index (χ1v) is 9.40. The molecule has 0 spiro atoms. The Morgan fingerprint density at radius 2 is 2.00 bits per heavy atom. The zero-order valence-corrected chi connectivity index (χ0v) is 16.3. The highest BCUT2D eigenvalue weighted by atomic mass is 16.2. The summed E-state index contributed by atoms with van der Waals surface area (Å²) in [6.07, 6.45) is 2.32. The number of carbonyl (C=O) groups is 2. The van der Waals surface area contributed by atoms with Crippen molar-refractivity contribution in [2.75, 3.05) is 13.1 Å². The fourth-order valence-electron chi connectivity index (χ4n) is 3.91. The van der Waals surface area contributed by atoms with Crippen LogP contribution in [0.25, 0.3) is 5.65 Å². The molecular formula is C21H23N5O2. The summed E-state index contributed by atoms with van der Waals surface area (Å²) in [6.45, 7) is 6.34. The van der Waals surface area contributed by atoms with Gasteiger partial charge in [0.2, 0.25) is 5.91 Å². The molecule has 3 heterocycles. The number of fused-ring (bicyclic) bond motifs is 2. The molecule has 2 aromatic heterocycles. The summed E-state index contributed by atoms with van der Waals surface area (Å²) in [4.78, 5) is 31.4. The summed E-state index contributed by atoms with van der Waals surface area (Å²) in [5, 5.41) is 7.34. The predicted octanol–water partition coefficient (Wildman–Crippen LogP) is 2.22. The van der Waals surface area contributed by atoms with Crippen LogP contribution in [0.1, 0.15) is 45.8 Å². The number of carbonyl (C=O) groups excluding carboxylic acids is 2. The number of benzene rings is 1. The number of aromatic nitrogens is 3. The maximum absolute atomic E-state index is 13.4. The number of hydrogen-bond acceptors (Lipinski definition) is 4. The molecule has 28 heavy (non-hydrogen) atoms. The van der Waals surface area contributed by atoms with E-state index in [0.29, 0.717) is 24.3 Å². The Morgan fingerprint density at radius 1 is 1.21 bits per heavy atom. The molecule has 2 amide bonds. The molecule has 144 valence electrons. The maximum atomic E-state index is 13.4. The molecule has 1 N–H and O–H groups in total. The van der Waals surface area contributed by atoms with Gasteiger partial charge in [0.25, 0.3) is 5.91 Å². The predicted molar refractivity (Wildman–Crippen MR) is 105 cm³/mol. The molecule has 7 nitrogen and oxygen atoms in total. The minimum atomic E-state index is -0.238. The zero-order valence-electron chi connectivity index (χ0n) is 16.3. The molecule has 1 atom stereocenters. The summed E-state index contributed by atoms with van der Waals surface area (Å²) in [6, 6.07) is 9.73. The first kappa shape index (κ1) is 18.2. The van der Waals surface area contributed by atoms with Crippen LogP contribution in [0, 0.1) is 13.8 Å². The summed E-state index contributed by atoms with van der Waals surface area (Å²) >= 11 is 0. The van der Waals surface area contributed by atoms with Crippen LogP contribution in [-0.4, -0.2) is 44.4 Å². The highest BCUT2D eigenvalue weighted by Gasteiger charge is 2.28. The van der Waals surface area contributed by atoms with E-state index in [1.165, 1.54) is 6.92 Å². The first-order chi connectivity index (χ1) is 13.4. The molecule has 4 rings (SSSR count). The Labute approximate surface area is 163 Å². The Morgan fingerprint density at radius 3 is 2.79 bits per heavy atom. The van der Waals surface area contributed by atoms with E-state index in [2.05, 4.69) is 21.5 Å². The second kappa shape index (κ2) is 7.07. The third-order valence-corrected chi connectivity index (χ3v) is 5.16. The second-order valence-electron chi connectivity index (χ2n) is 7.29. The molecule has 1 unspecified atom stereocenters. The van der Waals surface area contributed by atoms with Gasteiger partial charge >= 0.3 is 0 Å². The van der Waals surface area contributed by atoms with Gasteiger partial charge in [-0.1, -0.05) is 24.3 Å².